The van der Waals surface area contributed by atoms with Gasteiger partial charge in [-0.3, -0.25) is 0 Å². The summed E-state index contributed by atoms with van der Waals surface area (Å²) in [6.07, 6.45) is 13.9. The lowest BCUT2D eigenvalue weighted by atomic mass is 9.98. The van der Waals surface area contributed by atoms with Crippen LogP contribution in [0.3, 0.4) is 0 Å². The zero-order valence-corrected chi connectivity index (χ0v) is 20.2. The predicted octanol–water partition coefficient (Wildman–Crippen LogP) is 9.15. The highest BCUT2D eigenvalue weighted by Gasteiger charge is 2.07. The van der Waals surface area contributed by atoms with Crippen molar-refractivity contribution in [2.75, 3.05) is 6.61 Å². The fourth-order valence-electron chi connectivity index (χ4n) is 4.09. The normalized spacial score (nSPS) is 12.5. The van der Waals surface area contributed by atoms with Crippen LogP contribution in [0.2, 0.25) is 0 Å². The van der Waals surface area contributed by atoms with Crippen molar-refractivity contribution in [3.8, 4) is 11.1 Å². The summed E-state index contributed by atoms with van der Waals surface area (Å²) in [5.74, 6) is -0.186. The zero-order chi connectivity index (χ0) is 23.5. The van der Waals surface area contributed by atoms with Gasteiger partial charge in [0.25, 0.3) is 0 Å². The van der Waals surface area contributed by atoms with Crippen LogP contribution in [-0.2, 0) is 11.2 Å². The molecule has 3 aromatic carbocycles. The van der Waals surface area contributed by atoms with Crippen LogP contribution in [0.15, 0.2) is 73.3 Å². The lowest BCUT2D eigenvalue weighted by molar-refractivity contribution is 0.0566. The van der Waals surface area contributed by atoms with Gasteiger partial charge in [-0.15, -0.1) is 6.58 Å². The number of allylic oxidation sites excluding steroid dienone is 2. The Hall–Kier alpha value is -2.71. The van der Waals surface area contributed by atoms with Crippen molar-refractivity contribution in [1.29, 1.82) is 0 Å². The van der Waals surface area contributed by atoms with Crippen LogP contribution in [0.5, 0.6) is 0 Å². The first kappa shape index (κ1) is 24.9. The Morgan fingerprint density at radius 2 is 1.79 bits per heavy atom. The van der Waals surface area contributed by atoms with Crippen LogP contribution >= 0.6 is 0 Å². The van der Waals surface area contributed by atoms with Crippen molar-refractivity contribution in [1.82, 2.24) is 0 Å². The quantitative estimate of drug-likeness (QED) is 0.189. The number of benzene rings is 3. The molecule has 0 aromatic heterocycles. The largest absolute Gasteiger partial charge is 0.379 e. The van der Waals surface area contributed by atoms with E-state index in [0.717, 1.165) is 55.2 Å². The summed E-state index contributed by atoms with van der Waals surface area (Å²) < 4.78 is 20.7. The van der Waals surface area contributed by atoms with Crippen molar-refractivity contribution < 1.29 is 9.13 Å². The highest BCUT2D eigenvalue weighted by atomic mass is 19.1. The minimum absolute atomic E-state index is 0.186. The van der Waals surface area contributed by atoms with Gasteiger partial charge in [-0.25, -0.2) is 4.39 Å². The van der Waals surface area contributed by atoms with Crippen molar-refractivity contribution in [3.63, 3.8) is 0 Å². The second-order valence-corrected chi connectivity index (χ2v) is 8.85. The second kappa shape index (κ2) is 13.1. The van der Waals surface area contributed by atoms with Gasteiger partial charge < -0.3 is 4.74 Å². The topological polar surface area (TPSA) is 9.23 Å². The molecule has 3 aromatic rings. The molecule has 0 fully saturated rings. The van der Waals surface area contributed by atoms with Gasteiger partial charge in [0.15, 0.2) is 0 Å². The number of rotatable bonds is 13. The average Bonchev–Trinajstić information content (AvgIpc) is 2.82. The van der Waals surface area contributed by atoms with E-state index in [1.54, 1.807) is 6.07 Å². The molecule has 1 unspecified atom stereocenters. The number of fused-ring (bicyclic) bond motifs is 1. The van der Waals surface area contributed by atoms with Crippen molar-refractivity contribution in [2.24, 2.45) is 0 Å². The highest BCUT2D eigenvalue weighted by Crippen LogP contribution is 2.28. The van der Waals surface area contributed by atoms with Crippen LogP contribution in [0.1, 0.15) is 63.5 Å². The van der Waals surface area contributed by atoms with Gasteiger partial charge in [-0.1, -0.05) is 80.5 Å². The standard InChI is InChI=1S/C31H37FO/c1-4-6-10-20-33-24(3)12-8-7-9-13-26-15-19-30(31(32)22-26)29-18-17-27-21-25(11-5-2)14-16-28(27)23-29/h5,9,13-19,21-24H,2,4,6-8,10-12,20H2,1,3H3. The van der Waals surface area contributed by atoms with Gasteiger partial charge in [0.1, 0.15) is 5.82 Å². The number of halogens is 1. The molecule has 0 N–H and O–H groups in total. The fraction of sp³-hybridized carbons (Fsp3) is 0.355. The first-order chi connectivity index (χ1) is 16.1. The van der Waals surface area contributed by atoms with Crippen molar-refractivity contribution in [2.45, 2.75) is 64.9 Å². The highest BCUT2D eigenvalue weighted by molar-refractivity contribution is 5.88. The van der Waals surface area contributed by atoms with E-state index in [-0.39, 0.29) is 5.82 Å². The Balaban J connectivity index is 1.55. The summed E-state index contributed by atoms with van der Waals surface area (Å²) in [7, 11) is 0. The summed E-state index contributed by atoms with van der Waals surface area (Å²) in [4.78, 5) is 0. The Morgan fingerprint density at radius 3 is 2.58 bits per heavy atom. The first-order valence-corrected chi connectivity index (χ1v) is 12.3. The van der Waals surface area contributed by atoms with Crippen LogP contribution in [0.4, 0.5) is 4.39 Å². The molecule has 0 spiro atoms. The van der Waals surface area contributed by atoms with Crippen molar-refractivity contribution >= 4 is 16.8 Å². The smallest absolute Gasteiger partial charge is 0.131 e. The molecule has 33 heavy (non-hydrogen) atoms. The molecule has 0 heterocycles. The molecule has 1 atom stereocenters. The van der Waals surface area contributed by atoms with E-state index in [4.69, 9.17) is 4.74 Å². The van der Waals surface area contributed by atoms with Crippen LogP contribution in [0.25, 0.3) is 28.0 Å². The molecule has 174 valence electrons. The summed E-state index contributed by atoms with van der Waals surface area (Å²) in [5, 5.41) is 2.28. The van der Waals surface area contributed by atoms with Gasteiger partial charge in [-0.2, -0.15) is 0 Å². The van der Waals surface area contributed by atoms with Crippen molar-refractivity contribution in [3.05, 3.63) is 90.3 Å². The van der Waals surface area contributed by atoms with E-state index < -0.39 is 0 Å². The fourth-order valence-corrected chi connectivity index (χ4v) is 4.09. The molecule has 3 rings (SSSR count). The Labute approximate surface area is 199 Å². The van der Waals surface area contributed by atoms with E-state index in [1.807, 2.05) is 30.4 Å². The summed E-state index contributed by atoms with van der Waals surface area (Å²) in [6, 6.07) is 18.0. The first-order valence-electron chi connectivity index (χ1n) is 12.3. The Bertz CT molecular complexity index is 1070. The Morgan fingerprint density at radius 1 is 0.970 bits per heavy atom. The monoisotopic (exact) mass is 444 g/mol. The number of hydrogen-bond acceptors (Lipinski definition) is 1. The molecular formula is C31H37FO. The van der Waals surface area contributed by atoms with Gasteiger partial charge in [-0.05, 0) is 78.6 Å². The molecule has 1 nitrogen and oxygen atoms in total. The van der Waals surface area contributed by atoms with Gasteiger partial charge >= 0.3 is 0 Å². The van der Waals surface area contributed by atoms with E-state index >= 15 is 0 Å². The van der Waals surface area contributed by atoms with Crippen LogP contribution in [-0.4, -0.2) is 12.7 Å². The average molecular weight is 445 g/mol. The predicted molar refractivity (Wildman–Crippen MR) is 141 cm³/mol. The van der Waals surface area contributed by atoms with Gasteiger partial charge in [0.05, 0.1) is 6.10 Å². The Kier molecular flexibility index (Phi) is 9.90. The minimum atomic E-state index is -0.186. The maximum Gasteiger partial charge on any atom is 0.131 e. The molecule has 0 aliphatic rings. The number of ether oxygens (including phenoxy) is 1. The molecular weight excluding hydrogens is 407 g/mol. The number of unbranched alkanes of at least 4 members (excludes halogenated alkanes) is 3. The third-order valence-corrected chi connectivity index (χ3v) is 6.03. The van der Waals surface area contributed by atoms with E-state index in [2.05, 4.69) is 56.8 Å². The molecule has 0 aliphatic heterocycles. The molecule has 0 aliphatic carbocycles. The van der Waals surface area contributed by atoms with E-state index in [9.17, 15) is 4.39 Å². The number of hydrogen-bond donors (Lipinski definition) is 0. The van der Waals surface area contributed by atoms with E-state index in [1.165, 1.54) is 23.8 Å². The minimum Gasteiger partial charge on any atom is -0.379 e. The lowest BCUT2D eigenvalue weighted by Gasteiger charge is -2.12. The molecule has 0 radical (unpaired) electrons. The zero-order valence-electron chi connectivity index (χ0n) is 20.2. The molecule has 0 saturated carbocycles. The maximum atomic E-state index is 14.9. The maximum absolute atomic E-state index is 14.9. The third-order valence-electron chi connectivity index (χ3n) is 6.03. The van der Waals surface area contributed by atoms with Crippen LogP contribution < -0.4 is 0 Å². The van der Waals surface area contributed by atoms with Gasteiger partial charge in [0, 0.05) is 12.2 Å². The molecule has 0 amide bonds. The lowest BCUT2D eigenvalue weighted by Crippen LogP contribution is -2.08. The van der Waals surface area contributed by atoms with Crippen LogP contribution in [0, 0.1) is 5.82 Å². The summed E-state index contributed by atoms with van der Waals surface area (Å²) in [6.45, 7) is 9.03. The second-order valence-electron chi connectivity index (χ2n) is 8.85. The molecule has 0 saturated heterocycles. The van der Waals surface area contributed by atoms with Gasteiger partial charge in [0.2, 0.25) is 0 Å². The summed E-state index contributed by atoms with van der Waals surface area (Å²) >= 11 is 0. The third kappa shape index (κ3) is 7.68. The summed E-state index contributed by atoms with van der Waals surface area (Å²) in [5.41, 5.74) is 3.68. The molecule has 0 bridgehead atoms. The van der Waals surface area contributed by atoms with E-state index in [0.29, 0.717) is 11.7 Å². The SMILES string of the molecule is C=CCc1ccc2cc(-c3ccc(C=CCCCC(C)OCCCCC)cc3F)ccc2c1. The molecule has 2 heteroatoms.